The van der Waals surface area contributed by atoms with Crippen molar-refractivity contribution in [2.45, 2.75) is 32.7 Å². The summed E-state index contributed by atoms with van der Waals surface area (Å²) in [7, 11) is 0. The van der Waals surface area contributed by atoms with Crippen LogP contribution in [0.25, 0.3) is 11.0 Å². The first kappa shape index (κ1) is 9.19. The van der Waals surface area contributed by atoms with E-state index >= 15 is 0 Å². The van der Waals surface area contributed by atoms with Gasteiger partial charge in [0.2, 0.25) is 0 Å². The second-order valence-corrected chi connectivity index (χ2v) is 4.16. The quantitative estimate of drug-likeness (QED) is 0.727. The molecule has 0 N–H and O–H groups in total. The normalized spacial score (nSPS) is 12.2. The second kappa shape index (κ2) is 3.08. The number of pyridine rings is 1. The monoisotopic (exact) mass is 189 g/mol. The molecule has 0 saturated heterocycles. The zero-order chi connectivity index (χ0) is 10.2. The van der Waals surface area contributed by atoms with Crippen molar-refractivity contribution in [3.8, 4) is 0 Å². The molecule has 2 aromatic rings. The molecule has 0 bridgehead atoms. The molecule has 0 aliphatic carbocycles. The van der Waals surface area contributed by atoms with Gasteiger partial charge < -0.3 is 0 Å². The van der Waals surface area contributed by atoms with Crippen LogP contribution in [-0.4, -0.2) is 14.8 Å². The van der Waals surface area contributed by atoms with E-state index < -0.39 is 0 Å². The van der Waals surface area contributed by atoms with Crippen LogP contribution in [-0.2, 0) is 5.54 Å². The van der Waals surface area contributed by atoms with E-state index in [1.54, 1.807) is 6.20 Å². The highest BCUT2D eigenvalue weighted by Crippen LogP contribution is 2.20. The third-order valence-corrected chi connectivity index (χ3v) is 2.77. The minimum atomic E-state index is 0.0701. The highest BCUT2D eigenvalue weighted by molar-refractivity contribution is 5.73. The van der Waals surface area contributed by atoms with Gasteiger partial charge in [0.25, 0.3) is 0 Å². The van der Waals surface area contributed by atoms with Gasteiger partial charge in [-0.15, -0.1) is 0 Å². The lowest BCUT2D eigenvalue weighted by Crippen LogP contribution is -2.25. The summed E-state index contributed by atoms with van der Waals surface area (Å²) in [5.74, 6) is 0. The van der Waals surface area contributed by atoms with Crippen molar-refractivity contribution < 1.29 is 0 Å². The molecule has 0 aliphatic rings. The molecule has 14 heavy (non-hydrogen) atoms. The molecular formula is C11H15N3. The predicted octanol–water partition coefficient (Wildman–Crippen LogP) is 2.58. The zero-order valence-electron chi connectivity index (χ0n) is 8.86. The number of aromatic nitrogens is 3. The van der Waals surface area contributed by atoms with Crippen molar-refractivity contribution in [3.05, 3.63) is 24.5 Å². The first-order chi connectivity index (χ1) is 6.63. The topological polar surface area (TPSA) is 30.7 Å². The Morgan fingerprint density at radius 1 is 1.43 bits per heavy atom. The fourth-order valence-electron chi connectivity index (χ4n) is 1.33. The van der Waals surface area contributed by atoms with Gasteiger partial charge in [-0.1, -0.05) is 6.92 Å². The van der Waals surface area contributed by atoms with Crippen LogP contribution in [0.5, 0.6) is 0 Å². The summed E-state index contributed by atoms with van der Waals surface area (Å²) in [6, 6.07) is 3.98. The molecule has 3 nitrogen and oxygen atoms in total. The number of hydrogen-bond donors (Lipinski definition) is 0. The molecule has 3 heteroatoms. The molecular weight excluding hydrogens is 174 g/mol. The number of nitrogens with zero attached hydrogens (tertiary/aromatic N) is 3. The molecule has 2 rings (SSSR count). The van der Waals surface area contributed by atoms with Gasteiger partial charge in [0.15, 0.2) is 5.65 Å². The fraction of sp³-hybridized carbons (Fsp3) is 0.455. The smallest absolute Gasteiger partial charge is 0.181 e. The van der Waals surface area contributed by atoms with Crippen LogP contribution in [0.4, 0.5) is 0 Å². The van der Waals surface area contributed by atoms with E-state index in [0.717, 1.165) is 17.5 Å². The van der Waals surface area contributed by atoms with Crippen LogP contribution < -0.4 is 0 Å². The van der Waals surface area contributed by atoms with Crippen LogP contribution in [0.2, 0.25) is 0 Å². The first-order valence-electron chi connectivity index (χ1n) is 4.94. The van der Waals surface area contributed by atoms with E-state index in [1.165, 1.54) is 0 Å². The van der Waals surface area contributed by atoms with Crippen LogP contribution in [0, 0.1) is 0 Å². The lowest BCUT2D eigenvalue weighted by Gasteiger charge is -2.22. The molecule has 0 aromatic carbocycles. The molecule has 2 aromatic heterocycles. The summed E-state index contributed by atoms with van der Waals surface area (Å²) in [5, 5.41) is 5.57. The first-order valence-corrected chi connectivity index (χ1v) is 4.94. The van der Waals surface area contributed by atoms with Crippen molar-refractivity contribution in [1.29, 1.82) is 0 Å². The highest BCUT2D eigenvalue weighted by atomic mass is 15.3. The van der Waals surface area contributed by atoms with Crippen molar-refractivity contribution in [2.75, 3.05) is 0 Å². The number of hydrogen-bond acceptors (Lipinski definition) is 2. The second-order valence-electron chi connectivity index (χ2n) is 4.16. The van der Waals surface area contributed by atoms with Crippen LogP contribution >= 0.6 is 0 Å². The summed E-state index contributed by atoms with van der Waals surface area (Å²) >= 11 is 0. The molecule has 0 atom stereocenters. The summed E-state index contributed by atoms with van der Waals surface area (Å²) in [5.41, 5.74) is 0.898. The molecule has 74 valence electrons. The predicted molar refractivity (Wildman–Crippen MR) is 57.1 cm³/mol. The average molecular weight is 189 g/mol. The molecule has 2 heterocycles. The Kier molecular flexibility index (Phi) is 2.02. The maximum Gasteiger partial charge on any atom is 0.181 e. The van der Waals surface area contributed by atoms with E-state index in [-0.39, 0.29) is 5.54 Å². The molecule has 0 unspecified atom stereocenters. The van der Waals surface area contributed by atoms with Crippen LogP contribution in [0.3, 0.4) is 0 Å². The van der Waals surface area contributed by atoms with Gasteiger partial charge in [-0.05, 0) is 32.4 Å². The van der Waals surface area contributed by atoms with Gasteiger partial charge in [-0.2, -0.15) is 5.10 Å². The van der Waals surface area contributed by atoms with Gasteiger partial charge in [-0.3, -0.25) is 4.68 Å². The van der Waals surface area contributed by atoms with Gasteiger partial charge in [0, 0.05) is 17.8 Å². The summed E-state index contributed by atoms with van der Waals surface area (Å²) in [6.07, 6.45) is 4.89. The minimum absolute atomic E-state index is 0.0701. The standard InChI is InChI=1S/C11H15N3/c1-4-11(2,3)14-8-9-6-5-7-12-10(9)13-14/h5-8H,4H2,1-3H3. The van der Waals surface area contributed by atoms with E-state index in [2.05, 4.69) is 37.1 Å². The maximum atomic E-state index is 4.46. The van der Waals surface area contributed by atoms with Gasteiger partial charge in [0.05, 0.1) is 5.54 Å². The van der Waals surface area contributed by atoms with Gasteiger partial charge >= 0.3 is 0 Å². The Morgan fingerprint density at radius 2 is 2.21 bits per heavy atom. The van der Waals surface area contributed by atoms with Crippen molar-refractivity contribution >= 4 is 11.0 Å². The van der Waals surface area contributed by atoms with Crippen molar-refractivity contribution in [2.24, 2.45) is 0 Å². The Hall–Kier alpha value is -1.38. The Bertz CT molecular complexity index is 409. The van der Waals surface area contributed by atoms with Crippen molar-refractivity contribution in [3.63, 3.8) is 0 Å². The van der Waals surface area contributed by atoms with E-state index in [0.29, 0.717) is 0 Å². The number of fused-ring (bicyclic) bond motifs is 1. The third-order valence-electron chi connectivity index (χ3n) is 2.77. The minimum Gasteiger partial charge on any atom is -0.264 e. The van der Waals surface area contributed by atoms with Gasteiger partial charge in [0.1, 0.15) is 0 Å². The Morgan fingerprint density at radius 3 is 2.86 bits per heavy atom. The van der Waals surface area contributed by atoms with Gasteiger partial charge in [-0.25, -0.2) is 4.98 Å². The Labute approximate surface area is 83.8 Å². The van der Waals surface area contributed by atoms with Crippen molar-refractivity contribution in [1.82, 2.24) is 14.8 Å². The molecule has 0 saturated carbocycles. The van der Waals surface area contributed by atoms with E-state index in [1.807, 2.05) is 16.8 Å². The third kappa shape index (κ3) is 1.39. The number of rotatable bonds is 2. The fourth-order valence-corrected chi connectivity index (χ4v) is 1.33. The van der Waals surface area contributed by atoms with Crippen LogP contribution in [0.1, 0.15) is 27.2 Å². The van der Waals surface area contributed by atoms with E-state index in [9.17, 15) is 0 Å². The molecule has 0 aliphatic heterocycles. The summed E-state index contributed by atoms with van der Waals surface area (Å²) in [6.45, 7) is 6.53. The van der Waals surface area contributed by atoms with E-state index in [4.69, 9.17) is 0 Å². The molecule has 0 amide bonds. The lowest BCUT2D eigenvalue weighted by molar-refractivity contribution is 0.310. The molecule has 0 spiro atoms. The molecule has 0 fully saturated rings. The summed E-state index contributed by atoms with van der Waals surface area (Å²) in [4.78, 5) is 4.22. The lowest BCUT2D eigenvalue weighted by atomic mass is 10.0. The van der Waals surface area contributed by atoms with Crippen LogP contribution in [0.15, 0.2) is 24.5 Å². The largest absolute Gasteiger partial charge is 0.264 e. The average Bonchev–Trinajstić information content (AvgIpc) is 2.61. The summed E-state index contributed by atoms with van der Waals surface area (Å²) < 4.78 is 2.00. The maximum absolute atomic E-state index is 4.46. The highest BCUT2D eigenvalue weighted by Gasteiger charge is 2.18. The SMILES string of the molecule is CCC(C)(C)n1cc2cccnc2n1. The Balaban J connectivity index is 2.55. The zero-order valence-corrected chi connectivity index (χ0v) is 8.86. The molecule has 0 radical (unpaired) electrons.